The van der Waals surface area contributed by atoms with Crippen molar-refractivity contribution >= 4 is 5.91 Å². The van der Waals surface area contributed by atoms with E-state index in [-0.39, 0.29) is 18.0 Å². The molecule has 1 aliphatic carbocycles. The van der Waals surface area contributed by atoms with Crippen molar-refractivity contribution in [2.45, 2.75) is 18.5 Å². The standard InChI is InChI=1S/C19H18N2O/c22-19(15-10-5-2-6-11-15)21-17-13-7-12-16(17)18(20-21)14-8-3-1-4-9-14/h1-11,13,16-18,20H,12H2/t16-,17+,18+/m0/s1. The van der Waals surface area contributed by atoms with Crippen LogP contribution in [0.25, 0.3) is 0 Å². The van der Waals surface area contributed by atoms with E-state index in [4.69, 9.17) is 0 Å². The fourth-order valence-corrected chi connectivity index (χ4v) is 3.50. The first-order valence-electron chi connectivity index (χ1n) is 7.71. The van der Waals surface area contributed by atoms with Gasteiger partial charge in [-0.25, -0.2) is 5.43 Å². The maximum Gasteiger partial charge on any atom is 0.268 e. The van der Waals surface area contributed by atoms with Crippen LogP contribution in [0.1, 0.15) is 28.4 Å². The predicted molar refractivity (Wildman–Crippen MR) is 86.0 cm³/mol. The fraction of sp³-hybridized carbons (Fsp3) is 0.211. The van der Waals surface area contributed by atoms with Gasteiger partial charge < -0.3 is 0 Å². The largest absolute Gasteiger partial charge is 0.268 e. The smallest absolute Gasteiger partial charge is 0.268 e. The third-order valence-electron chi connectivity index (χ3n) is 4.58. The second-order valence-electron chi connectivity index (χ2n) is 5.88. The molecule has 0 spiro atoms. The SMILES string of the molecule is O=C(c1ccccc1)N1N[C@H](c2ccccc2)[C@H]2CC=C[C@H]21. The third-order valence-corrected chi connectivity index (χ3v) is 4.58. The number of nitrogens with one attached hydrogen (secondary N) is 1. The molecule has 1 heterocycles. The number of hydrazine groups is 1. The molecule has 4 rings (SSSR count). The highest BCUT2D eigenvalue weighted by atomic mass is 16.2. The monoisotopic (exact) mass is 290 g/mol. The normalized spacial score (nSPS) is 26.2. The van der Waals surface area contributed by atoms with Crippen LogP contribution in [-0.4, -0.2) is 17.0 Å². The van der Waals surface area contributed by atoms with Crippen LogP contribution in [-0.2, 0) is 0 Å². The molecule has 0 radical (unpaired) electrons. The summed E-state index contributed by atoms with van der Waals surface area (Å²) >= 11 is 0. The third kappa shape index (κ3) is 2.14. The molecule has 1 fully saturated rings. The lowest BCUT2D eigenvalue weighted by molar-refractivity contribution is 0.0668. The van der Waals surface area contributed by atoms with Crippen molar-refractivity contribution < 1.29 is 4.79 Å². The fourth-order valence-electron chi connectivity index (χ4n) is 3.50. The minimum absolute atomic E-state index is 0.0422. The summed E-state index contributed by atoms with van der Waals surface area (Å²) in [6.45, 7) is 0. The molecule has 1 amide bonds. The minimum Gasteiger partial charge on any atom is -0.268 e. The number of fused-ring (bicyclic) bond motifs is 1. The van der Waals surface area contributed by atoms with Crippen molar-refractivity contribution in [2.75, 3.05) is 0 Å². The summed E-state index contributed by atoms with van der Waals surface area (Å²) in [4.78, 5) is 12.8. The Kier molecular flexibility index (Phi) is 3.28. The molecule has 1 aliphatic heterocycles. The molecular formula is C19H18N2O. The van der Waals surface area contributed by atoms with Crippen LogP contribution in [0.3, 0.4) is 0 Å². The molecule has 0 unspecified atom stereocenters. The Balaban J connectivity index is 1.64. The highest BCUT2D eigenvalue weighted by Crippen LogP contribution is 2.40. The van der Waals surface area contributed by atoms with Gasteiger partial charge >= 0.3 is 0 Å². The van der Waals surface area contributed by atoms with Crippen LogP contribution in [0.5, 0.6) is 0 Å². The van der Waals surface area contributed by atoms with Crippen LogP contribution in [0.2, 0.25) is 0 Å². The summed E-state index contributed by atoms with van der Waals surface area (Å²) in [5, 5.41) is 1.81. The van der Waals surface area contributed by atoms with Crippen molar-refractivity contribution in [3.05, 3.63) is 83.9 Å². The Hall–Kier alpha value is -2.39. The van der Waals surface area contributed by atoms with Gasteiger partial charge in [0, 0.05) is 11.5 Å². The van der Waals surface area contributed by atoms with E-state index in [0.717, 1.165) is 12.0 Å². The van der Waals surface area contributed by atoms with Gasteiger partial charge in [0.25, 0.3) is 5.91 Å². The Morgan fingerprint density at radius 3 is 2.41 bits per heavy atom. The number of hydrogen-bond acceptors (Lipinski definition) is 2. The summed E-state index contributed by atoms with van der Waals surface area (Å²) in [5.41, 5.74) is 5.41. The molecule has 3 atom stereocenters. The zero-order valence-corrected chi connectivity index (χ0v) is 12.2. The van der Waals surface area contributed by atoms with E-state index in [2.05, 4.69) is 41.8 Å². The lowest BCUT2D eigenvalue weighted by Gasteiger charge is -2.22. The summed E-state index contributed by atoms with van der Waals surface area (Å²) in [5.74, 6) is 0.454. The van der Waals surface area contributed by atoms with E-state index < -0.39 is 0 Å². The average Bonchev–Trinajstić information content (AvgIpc) is 3.18. The molecular weight excluding hydrogens is 272 g/mol. The van der Waals surface area contributed by atoms with E-state index in [1.54, 1.807) is 5.01 Å². The Bertz CT molecular complexity index is 696. The molecule has 0 bridgehead atoms. The molecule has 1 N–H and O–H groups in total. The Morgan fingerprint density at radius 2 is 1.68 bits per heavy atom. The van der Waals surface area contributed by atoms with Crippen LogP contribution < -0.4 is 5.43 Å². The van der Waals surface area contributed by atoms with Gasteiger partial charge in [-0.15, -0.1) is 0 Å². The van der Waals surface area contributed by atoms with Gasteiger partial charge in [0.2, 0.25) is 0 Å². The van der Waals surface area contributed by atoms with Gasteiger partial charge in [0.15, 0.2) is 0 Å². The van der Waals surface area contributed by atoms with Crippen molar-refractivity contribution in [1.82, 2.24) is 10.4 Å². The van der Waals surface area contributed by atoms with Gasteiger partial charge in [-0.05, 0) is 24.1 Å². The number of amides is 1. The second-order valence-corrected chi connectivity index (χ2v) is 5.88. The molecule has 3 nitrogen and oxygen atoms in total. The number of carbonyl (C=O) groups excluding carboxylic acids is 1. The first kappa shape index (κ1) is 13.3. The highest BCUT2D eigenvalue weighted by Gasteiger charge is 2.44. The van der Waals surface area contributed by atoms with Crippen LogP contribution in [0.4, 0.5) is 0 Å². The molecule has 0 saturated carbocycles. The Labute approximate surface area is 130 Å². The molecule has 2 aromatic rings. The molecule has 0 aromatic heterocycles. The molecule has 3 heteroatoms. The second kappa shape index (κ2) is 5.43. The molecule has 2 aromatic carbocycles. The quantitative estimate of drug-likeness (QED) is 0.860. The molecule has 2 aliphatic rings. The number of allylic oxidation sites excluding steroid dienone is 1. The summed E-state index contributed by atoms with van der Waals surface area (Å²) in [6.07, 6.45) is 5.36. The van der Waals surface area contributed by atoms with Gasteiger partial charge in [0.1, 0.15) is 0 Å². The molecule has 110 valence electrons. The number of benzene rings is 2. The van der Waals surface area contributed by atoms with Crippen LogP contribution in [0, 0.1) is 5.92 Å². The first-order chi connectivity index (χ1) is 10.8. The number of hydrogen-bond donors (Lipinski definition) is 1. The van der Waals surface area contributed by atoms with E-state index in [0.29, 0.717) is 5.92 Å². The molecule has 22 heavy (non-hydrogen) atoms. The maximum absolute atomic E-state index is 12.8. The number of carbonyl (C=O) groups is 1. The lowest BCUT2D eigenvalue weighted by atomic mass is 9.91. The van der Waals surface area contributed by atoms with Gasteiger partial charge in [-0.1, -0.05) is 60.7 Å². The molecule has 1 saturated heterocycles. The van der Waals surface area contributed by atoms with E-state index in [9.17, 15) is 4.79 Å². The van der Waals surface area contributed by atoms with Gasteiger partial charge in [-0.3, -0.25) is 9.80 Å². The van der Waals surface area contributed by atoms with E-state index >= 15 is 0 Å². The first-order valence-corrected chi connectivity index (χ1v) is 7.71. The highest BCUT2D eigenvalue weighted by molar-refractivity contribution is 5.94. The zero-order valence-electron chi connectivity index (χ0n) is 12.2. The summed E-state index contributed by atoms with van der Waals surface area (Å²) in [7, 11) is 0. The average molecular weight is 290 g/mol. The van der Waals surface area contributed by atoms with Gasteiger partial charge in [-0.2, -0.15) is 0 Å². The Morgan fingerprint density at radius 1 is 1.00 bits per heavy atom. The zero-order chi connectivity index (χ0) is 14.9. The summed E-state index contributed by atoms with van der Waals surface area (Å²) in [6, 6.07) is 20.2. The van der Waals surface area contributed by atoms with E-state index in [1.807, 2.05) is 36.4 Å². The van der Waals surface area contributed by atoms with Crippen molar-refractivity contribution in [1.29, 1.82) is 0 Å². The van der Waals surface area contributed by atoms with Crippen molar-refractivity contribution in [3.63, 3.8) is 0 Å². The number of nitrogens with zero attached hydrogens (tertiary/aromatic N) is 1. The van der Waals surface area contributed by atoms with Crippen LogP contribution in [0.15, 0.2) is 72.8 Å². The van der Waals surface area contributed by atoms with Crippen molar-refractivity contribution in [2.24, 2.45) is 5.92 Å². The number of rotatable bonds is 2. The lowest BCUT2D eigenvalue weighted by Crippen LogP contribution is -2.42. The topological polar surface area (TPSA) is 32.3 Å². The summed E-state index contributed by atoms with van der Waals surface area (Å²) < 4.78 is 0. The maximum atomic E-state index is 12.8. The van der Waals surface area contributed by atoms with Crippen molar-refractivity contribution in [3.8, 4) is 0 Å². The van der Waals surface area contributed by atoms with Crippen LogP contribution >= 0.6 is 0 Å². The van der Waals surface area contributed by atoms with E-state index in [1.165, 1.54) is 5.56 Å². The predicted octanol–water partition coefficient (Wildman–Crippen LogP) is 3.33. The van der Waals surface area contributed by atoms with Gasteiger partial charge in [0.05, 0.1) is 12.1 Å². The minimum atomic E-state index is 0.0422.